The van der Waals surface area contributed by atoms with E-state index in [0.29, 0.717) is 5.69 Å². The van der Waals surface area contributed by atoms with Gasteiger partial charge in [0, 0.05) is 13.2 Å². The van der Waals surface area contributed by atoms with Gasteiger partial charge < -0.3 is 15.2 Å². The van der Waals surface area contributed by atoms with Crippen LogP contribution in [-0.2, 0) is 13.7 Å². The highest BCUT2D eigenvalue weighted by molar-refractivity contribution is 5.35. The first kappa shape index (κ1) is 12.2. The zero-order chi connectivity index (χ0) is 13.0. The number of aliphatic hydroxyl groups is 1. The number of aryl methyl sites for hydroxylation is 1. The highest BCUT2D eigenvalue weighted by Gasteiger charge is 2.07. The van der Waals surface area contributed by atoms with Gasteiger partial charge in [-0.1, -0.05) is 0 Å². The first-order chi connectivity index (χ1) is 8.69. The molecule has 96 valence electrons. The summed E-state index contributed by atoms with van der Waals surface area (Å²) in [7, 11) is 1.79. The number of aliphatic hydroxyl groups excluding tert-OH is 1. The summed E-state index contributed by atoms with van der Waals surface area (Å²) in [5.74, 6) is -0.766. The Morgan fingerprint density at radius 2 is 2.39 bits per heavy atom. The number of hydrogen-bond donors (Lipinski definition) is 2. The van der Waals surface area contributed by atoms with E-state index in [9.17, 15) is 4.39 Å². The zero-order valence-corrected chi connectivity index (χ0v) is 9.67. The molecule has 8 heteroatoms. The molecular weight excluding hydrogens is 241 g/mol. The van der Waals surface area contributed by atoms with Crippen molar-refractivity contribution in [2.24, 2.45) is 7.05 Å². The van der Waals surface area contributed by atoms with Crippen LogP contribution in [-0.4, -0.2) is 31.6 Å². The number of rotatable bonds is 5. The summed E-state index contributed by atoms with van der Waals surface area (Å²) in [4.78, 5) is 7.45. The van der Waals surface area contributed by atoms with Crippen molar-refractivity contribution in [3.63, 3.8) is 0 Å². The van der Waals surface area contributed by atoms with E-state index in [4.69, 9.17) is 9.84 Å². The Balaban J connectivity index is 2.03. The lowest BCUT2D eigenvalue weighted by Crippen LogP contribution is -2.07. The molecule has 2 N–H and O–H groups in total. The fourth-order valence-corrected chi connectivity index (χ4v) is 1.30. The first-order valence-electron chi connectivity index (χ1n) is 5.17. The van der Waals surface area contributed by atoms with Gasteiger partial charge in [-0.3, -0.25) is 4.68 Å². The molecule has 0 bridgehead atoms. The minimum Gasteiger partial charge on any atom is -0.457 e. The van der Waals surface area contributed by atoms with Crippen molar-refractivity contribution in [3.8, 4) is 6.01 Å². The smallest absolute Gasteiger partial charge is 0.318 e. The van der Waals surface area contributed by atoms with Crippen LogP contribution in [0.2, 0.25) is 0 Å². The van der Waals surface area contributed by atoms with Crippen LogP contribution in [0.1, 0.15) is 5.69 Å². The molecule has 0 saturated heterocycles. The number of nitrogens with one attached hydrogen (secondary N) is 1. The summed E-state index contributed by atoms with van der Waals surface area (Å²) >= 11 is 0. The molecule has 0 atom stereocenters. The molecule has 7 nitrogen and oxygen atoms in total. The third-order valence-corrected chi connectivity index (χ3v) is 2.09. The molecule has 0 spiro atoms. The van der Waals surface area contributed by atoms with Gasteiger partial charge in [0.1, 0.15) is 13.3 Å². The van der Waals surface area contributed by atoms with Crippen molar-refractivity contribution >= 4 is 5.82 Å². The van der Waals surface area contributed by atoms with E-state index in [1.807, 2.05) is 0 Å². The highest BCUT2D eigenvalue weighted by Crippen LogP contribution is 2.13. The van der Waals surface area contributed by atoms with Crippen LogP contribution >= 0.6 is 0 Å². The van der Waals surface area contributed by atoms with Crippen LogP contribution in [0, 0.1) is 5.82 Å². The lowest BCUT2D eigenvalue weighted by atomic mass is 10.5. The average Bonchev–Trinajstić information content (AvgIpc) is 2.76. The Bertz CT molecular complexity index is 531. The van der Waals surface area contributed by atoms with Crippen molar-refractivity contribution in [2.75, 3.05) is 12.0 Å². The third kappa shape index (κ3) is 2.92. The standard InChI is InChI=1S/C10H12FN5O2/c1-16-3-2-7(15-16)5-18-10-12-4-8(11)9(14-10)13-6-17/h2-4,17H,5-6H2,1H3,(H,12,13,14). The van der Waals surface area contributed by atoms with E-state index >= 15 is 0 Å². The van der Waals surface area contributed by atoms with E-state index in [1.165, 1.54) is 0 Å². The summed E-state index contributed by atoms with van der Waals surface area (Å²) in [6.07, 6.45) is 2.75. The van der Waals surface area contributed by atoms with Gasteiger partial charge in [-0.25, -0.2) is 9.37 Å². The molecule has 2 rings (SSSR count). The summed E-state index contributed by atoms with van der Waals surface area (Å²) < 4.78 is 20.1. The van der Waals surface area contributed by atoms with Gasteiger partial charge >= 0.3 is 6.01 Å². The summed E-state index contributed by atoms with van der Waals surface area (Å²) in [5.41, 5.74) is 0.710. The maximum atomic E-state index is 13.2. The summed E-state index contributed by atoms with van der Waals surface area (Å²) in [6.45, 7) is -0.237. The van der Waals surface area contributed by atoms with Crippen molar-refractivity contribution < 1.29 is 14.2 Å². The minimum atomic E-state index is -0.658. The summed E-state index contributed by atoms with van der Waals surface area (Å²) in [5, 5.41) is 15.1. The second-order valence-corrected chi connectivity index (χ2v) is 3.45. The molecule has 2 aromatic heterocycles. The quantitative estimate of drug-likeness (QED) is 0.745. The Labute approximate surface area is 102 Å². The number of hydrogen-bond acceptors (Lipinski definition) is 6. The lowest BCUT2D eigenvalue weighted by molar-refractivity contribution is 0.273. The normalized spacial score (nSPS) is 10.4. The SMILES string of the molecule is Cn1ccc(COc2ncc(F)c(NCO)n2)n1. The fraction of sp³-hybridized carbons (Fsp3) is 0.300. The Hall–Kier alpha value is -2.22. The maximum Gasteiger partial charge on any atom is 0.318 e. The molecule has 0 radical (unpaired) electrons. The molecule has 0 aliphatic carbocycles. The Kier molecular flexibility index (Phi) is 3.68. The largest absolute Gasteiger partial charge is 0.457 e. The topological polar surface area (TPSA) is 85.1 Å². The summed E-state index contributed by atoms with van der Waals surface area (Å²) in [6, 6.07) is 1.80. The maximum absolute atomic E-state index is 13.2. The molecule has 0 aliphatic rings. The molecule has 0 aromatic carbocycles. The molecule has 0 unspecified atom stereocenters. The van der Waals surface area contributed by atoms with Crippen molar-refractivity contribution in [1.29, 1.82) is 0 Å². The second-order valence-electron chi connectivity index (χ2n) is 3.45. The van der Waals surface area contributed by atoms with Gasteiger partial charge in [0.05, 0.1) is 11.9 Å². The lowest BCUT2D eigenvalue weighted by Gasteiger charge is -2.06. The van der Waals surface area contributed by atoms with Crippen molar-refractivity contribution in [2.45, 2.75) is 6.61 Å². The molecule has 18 heavy (non-hydrogen) atoms. The molecular formula is C10H12FN5O2. The molecule has 0 amide bonds. The number of aromatic nitrogens is 4. The number of halogens is 1. The third-order valence-electron chi connectivity index (χ3n) is 2.09. The average molecular weight is 253 g/mol. The Morgan fingerprint density at radius 1 is 1.56 bits per heavy atom. The predicted octanol–water partition coefficient (Wildman–Crippen LogP) is 0.290. The van der Waals surface area contributed by atoms with E-state index in [2.05, 4.69) is 20.4 Å². The van der Waals surface area contributed by atoms with Crippen molar-refractivity contribution in [3.05, 3.63) is 30.0 Å². The van der Waals surface area contributed by atoms with Gasteiger partial charge in [-0.15, -0.1) is 0 Å². The molecule has 2 aromatic rings. The van der Waals surface area contributed by atoms with E-state index in [-0.39, 0.29) is 18.4 Å². The molecule has 0 aliphatic heterocycles. The minimum absolute atomic E-state index is 0.0120. The van der Waals surface area contributed by atoms with E-state index < -0.39 is 12.5 Å². The molecule has 2 heterocycles. The molecule has 0 saturated carbocycles. The van der Waals surface area contributed by atoms with E-state index in [0.717, 1.165) is 6.20 Å². The van der Waals surface area contributed by atoms with Crippen LogP contribution in [0.5, 0.6) is 6.01 Å². The number of ether oxygens (including phenoxy) is 1. The van der Waals surface area contributed by atoms with Gasteiger partial charge in [0.15, 0.2) is 11.6 Å². The number of anilines is 1. The van der Waals surface area contributed by atoms with E-state index in [1.54, 1.807) is 24.0 Å². The fourth-order valence-electron chi connectivity index (χ4n) is 1.30. The molecule has 0 fully saturated rings. The van der Waals surface area contributed by atoms with Gasteiger partial charge in [0.25, 0.3) is 0 Å². The monoisotopic (exact) mass is 253 g/mol. The van der Waals surface area contributed by atoms with Crippen LogP contribution in [0.4, 0.5) is 10.2 Å². The van der Waals surface area contributed by atoms with Gasteiger partial charge in [-0.05, 0) is 6.07 Å². The van der Waals surface area contributed by atoms with Crippen LogP contribution in [0.15, 0.2) is 18.5 Å². The van der Waals surface area contributed by atoms with Crippen molar-refractivity contribution in [1.82, 2.24) is 19.7 Å². The van der Waals surface area contributed by atoms with Crippen LogP contribution < -0.4 is 10.1 Å². The number of nitrogens with zero attached hydrogens (tertiary/aromatic N) is 4. The van der Waals surface area contributed by atoms with Gasteiger partial charge in [0.2, 0.25) is 0 Å². The zero-order valence-electron chi connectivity index (χ0n) is 9.67. The van der Waals surface area contributed by atoms with Crippen LogP contribution in [0.3, 0.4) is 0 Å². The highest BCUT2D eigenvalue weighted by atomic mass is 19.1. The predicted molar refractivity (Wildman–Crippen MR) is 60.2 cm³/mol. The second kappa shape index (κ2) is 5.41. The Morgan fingerprint density at radius 3 is 3.06 bits per heavy atom. The first-order valence-corrected chi connectivity index (χ1v) is 5.17. The van der Waals surface area contributed by atoms with Gasteiger partial charge in [-0.2, -0.15) is 10.1 Å². The van der Waals surface area contributed by atoms with Crippen LogP contribution in [0.25, 0.3) is 0 Å².